The molecular weight excluding hydrogens is 450 g/mol. The van der Waals surface area contributed by atoms with Crippen LogP contribution in [0.2, 0.25) is 0 Å². The van der Waals surface area contributed by atoms with Gasteiger partial charge in [0.1, 0.15) is 5.75 Å². The minimum absolute atomic E-state index is 0.0252. The topological polar surface area (TPSA) is 74.6 Å². The summed E-state index contributed by atoms with van der Waals surface area (Å²) in [6.07, 6.45) is 3.41. The highest BCUT2D eigenvalue weighted by Crippen LogP contribution is 2.32. The second-order valence-electron chi connectivity index (χ2n) is 7.44. The summed E-state index contributed by atoms with van der Waals surface area (Å²) in [4.78, 5) is 21.8. The minimum atomic E-state index is -0.0252. The van der Waals surface area contributed by atoms with E-state index in [9.17, 15) is 9.90 Å². The van der Waals surface area contributed by atoms with E-state index in [2.05, 4.69) is 41.3 Å². The Bertz CT molecular complexity index is 1290. The Hall–Kier alpha value is -3.16. The number of para-hydroxylation sites is 2. The molecule has 5 nitrogen and oxygen atoms in total. The number of phenols is 1. The molecule has 0 fully saturated rings. The molecule has 0 aliphatic carbocycles. The molecule has 1 aromatic heterocycles. The van der Waals surface area contributed by atoms with Crippen LogP contribution < -0.4 is 5.32 Å². The summed E-state index contributed by atoms with van der Waals surface area (Å²) in [5, 5.41) is 13.0. The van der Waals surface area contributed by atoms with Crippen LogP contribution in [0.3, 0.4) is 0 Å². The van der Waals surface area contributed by atoms with Crippen LogP contribution in [0.5, 0.6) is 5.75 Å². The number of thioether (sulfide) groups is 1. The summed E-state index contributed by atoms with van der Waals surface area (Å²) in [6.45, 7) is 4.20. The molecule has 4 aromatic rings. The van der Waals surface area contributed by atoms with Crippen LogP contribution in [0.1, 0.15) is 30.5 Å². The molecule has 0 bridgehead atoms. The van der Waals surface area contributed by atoms with Crippen LogP contribution in [-0.4, -0.2) is 28.0 Å². The Morgan fingerprint density at radius 2 is 1.85 bits per heavy atom. The third-order valence-electron chi connectivity index (χ3n) is 5.23. The number of nitrogens with one attached hydrogen (secondary N) is 1. The summed E-state index contributed by atoms with van der Waals surface area (Å²) in [5.41, 5.74) is 5.60. The Balaban J connectivity index is 1.43. The van der Waals surface area contributed by atoms with Gasteiger partial charge in [0.15, 0.2) is 4.34 Å². The molecule has 1 amide bonds. The number of nitrogens with zero attached hydrogens (tertiary/aromatic N) is 2. The van der Waals surface area contributed by atoms with Gasteiger partial charge in [0, 0.05) is 17.5 Å². The standard InChI is InChI=1S/C26H25N3O2S2/c1-3-17-9-7-10-18(4-2)25(17)29-24(31)16-32-26-28-21-13-12-20(14-23(21)33-26)27-15-19-8-5-6-11-22(19)30/h5-15,30H,3-4,16H2,1-2H3,(H,29,31). The van der Waals surface area contributed by atoms with Crippen molar-refractivity contribution in [3.05, 3.63) is 77.4 Å². The van der Waals surface area contributed by atoms with E-state index < -0.39 is 0 Å². The van der Waals surface area contributed by atoms with E-state index >= 15 is 0 Å². The Morgan fingerprint density at radius 1 is 1.09 bits per heavy atom. The highest BCUT2D eigenvalue weighted by Gasteiger charge is 2.12. The zero-order valence-corrected chi connectivity index (χ0v) is 20.2. The molecule has 168 valence electrons. The van der Waals surface area contributed by atoms with Crippen molar-refractivity contribution in [2.75, 3.05) is 11.1 Å². The number of hydrogen-bond acceptors (Lipinski definition) is 6. The first-order valence-corrected chi connectivity index (χ1v) is 12.6. The molecule has 0 spiro atoms. The van der Waals surface area contributed by atoms with Crippen LogP contribution in [0, 0.1) is 0 Å². The molecule has 2 N–H and O–H groups in total. The number of carbonyl (C=O) groups is 1. The molecule has 0 saturated heterocycles. The van der Waals surface area contributed by atoms with Gasteiger partial charge >= 0.3 is 0 Å². The first kappa shape index (κ1) is 23.0. The van der Waals surface area contributed by atoms with Crippen LogP contribution in [-0.2, 0) is 17.6 Å². The largest absolute Gasteiger partial charge is 0.507 e. The Morgan fingerprint density at radius 3 is 2.58 bits per heavy atom. The molecule has 0 atom stereocenters. The summed E-state index contributed by atoms with van der Waals surface area (Å²) in [6, 6.07) is 19.1. The van der Waals surface area contributed by atoms with Crippen LogP contribution in [0.15, 0.2) is 70.0 Å². The molecule has 0 unspecified atom stereocenters. The SMILES string of the molecule is CCc1cccc(CC)c1NC(=O)CSc1nc2ccc(N=Cc3ccccc3O)cc2s1. The van der Waals surface area contributed by atoms with Gasteiger partial charge in [-0.05, 0) is 54.3 Å². The summed E-state index contributed by atoms with van der Waals surface area (Å²) >= 11 is 2.99. The average Bonchev–Trinajstić information content (AvgIpc) is 3.24. The fourth-order valence-corrected chi connectivity index (χ4v) is 5.38. The number of aryl methyl sites for hydroxylation is 2. The smallest absolute Gasteiger partial charge is 0.234 e. The van der Waals surface area contributed by atoms with Crippen molar-refractivity contribution < 1.29 is 9.90 Å². The number of amides is 1. The van der Waals surface area contributed by atoms with Crippen molar-refractivity contribution in [3.8, 4) is 5.75 Å². The van der Waals surface area contributed by atoms with E-state index in [1.807, 2.05) is 36.4 Å². The molecule has 3 aromatic carbocycles. The molecule has 0 saturated carbocycles. The summed E-state index contributed by atoms with van der Waals surface area (Å²) < 4.78 is 1.86. The molecule has 0 aliphatic heterocycles. The van der Waals surface area contributed by atoms with Crippen LogP contribution in [0.4, 0.5) is 11.4 Å². The van der Waals surface area contributed by atoms with E-state index in [1.54, 1.807) is 29.7 Å². The number of carbonyl (C=O) groups excluding carboxylic acids is 1. The molecule has 0 aliphatic rings. The first-order valence-electron chi connectivity index (χ1n) is 10.8. The zero-order chi connectivity index (χ0) is 23.2. The van der Waals surface area contributed by atoms with Gasteiger partial charge in [-0.2, -0.15) is 0 Å². The van der Waals surface area contributed by atoms with Gasteiger partial charge in [0.05, 0.1) is 21.7 Å². The van der Waals surface area contributed by atoms with E-state index in [-0.39, 0.29) is 11.7 Å². The third kappa shape index (κ3) is 5.61. The van der Waals surface area contributed by atoms with Gasteiger partial charge in [-0.3, -0.25) is 9.79 Å². The first-order chi connectivity index (χ1) is 16.1. The van der Waals surface area contributed by atoms with Crippen molar-refractivity contribution in [1.82, 2.24) is 4.98 Å². The molecule has 7 heteroatoms. The van der Waals surface area contributed by atoms with Crippen molar-refractivity contribution in [1.29, 1.82) is 0 Å². The lowest BCUT2D eigenvalue weighted by atomic mass is 10.0. The predicted octanol–water partition coefficient (Wildman–Crippen LogP) is 6.61. The number of anilines is 1. The van der Waals surface area contributed by atoms with Gasteiger partial charge in [-0.1, -0.05) is 55.9 Å². The number of aromatic hydroxyl groups is 1. The monoisotopic (exact) mass is 475 g/mol. The molecule has 0 radical (unpaired) electrons. The van der Waals surface area contributed by atoms with Crippen molar-refractivity contribution in [2.45, 2.75) is 31.0 Å². The Labute approximate surface area is 201 Å². The zero-order valence-electron chi connectivity index (χ0n) is 18.5. The number of hydrogen-bond donors (Lipinski definition) is 2. The normalized spacial score (nSPS) is 11.3. The lowest BCUT2D eigenvalue weighted by molar-refractivity contribution is -0.113. The number of benzene rings is 3. The van der Waals surface area contributed by atoms with Crippen LogP contribution >= 0.6 is 23.1 Å². The highest BCUT2D eigenvalue weighted by molar-refractivity contribution is 8.01. The third-order valence-corrected chi connectivity index (χ3v) is 7.39. The number of aromatic nitrogens is 1. The second-order valence-corrected chi connectivity index (χ2v) is 9.70. The van der Waals surface area contributed by atoms with Gasteiger partial charge in [-0.25, -0.2) is 4.98 Å². The number of phenolic OH excluding ortho intramolecular Hbond substituents is 1. The number of fused-ring (bicyclic) bond motifs is 1. The van der Waals surface area contributed by atoms with Crippen molar-refractivity contribution in [3.63, 3.8) is 0 Å². The van der Waals surface area contributed by atoms with E-state index in [4.69, 9.17) is 0 Å². The van der Waals surface area contributed by atoms with Gasteiger partial charge in [0.25, 0.3) is 0 Å². The van der Waals surface area contributed by atoms with E-state index in [0.29, 0.717) is 11.3 Å². The number of rotatable bonds is 8. The fourth-order valence-electron chi connectivity index (χ4n) is 3.48. The van der Waals surface area contributed by atoms with Gasteiger partial charge in [0.2, 0.25) is 5.91 Å². The van der Waals surface area contributed by atoms with E-state index in [0.717, 1.165) is 49.9 Å². The lowest BCUT2D eigenvalue weighted by Gasteiger charge is -2.14. The minimum Gasteiger partial charge on any atom is -0.507 e. The summed E-state index contributed by atoms with van der Waals surface area (Å²) in [7, 11) is 0. The molecule has 33 heavy (non-hydrogen) atoms. The van der Waals surface area contributed by atoms with Crippen molar-refractivity contribution >= 4 is 56.8 Å². The quantitative estimate of drug-likeness (QED) is 0.222. The second kappa shape index (κ2) is 10.6. The maximum absolute atomic E-state index is 12.6. The highest BCUT2D eigenvalue weighted by atomic mass is 32.2. The van der Waals surface area contributed by atoms with E-state index in [1.165, 1.54) is 11.8 Å². The van der Waals surface area contributed by atoms with Gasteiger partial charge in [-0.15, -0.1) is 11.3 Å². The lowest BCUT2D eigenvalue weighted by Crippen LogP contribution is -2.16. The number of aliphatic imine (C=N–C) groups is 1. The maximum Gasteiger partial charge on any atom is 0.234 e. The Kier molecular flexibility index (Phi) is 7.42. The predicted molar refractivity (Wildman–Crippen MR) is 140 cm³/mol. The molecule has 4 rings (SSSR count). The summed E-state index contributed by atoms with van der Waals surface area (Å²) in [5.74, 6) is 0.479. The number of thiazole rings is 1. The van der Waals surface area contributed by atoms with Crippen molar-refractivity contribution in [2.24, 2.45) is 4.99 Å². The van der Waals surface area contributed by atoms with Gasteiger partial charge < -0.3 is 10.4 Å². The van der Waals surface area contributed by atoms with Crippen LogP contribution in [0.25, 0.3) is 10.2 Å². The maximum atomic E-state index is 12.6. The fraction of sp³-hybridized carbons (Fsp3) is 0.192. The average molecular weight is 476 g/mol. The molecular formula is C26H25N3O2S2. The molecule has 1 heterocycles.